The van der Waals surface area contributed by atoms with Crippen LogP contribution >= 0.6 is 12.2 Å². The Morgan fingerprint density at radius 3 is 2.30 bits per heavy atom. The zero-order valence-electron chi connectivity index (χ0n) is 16.7. The van der Waals surface area contributed by atoms with Gasteiger partial charge in [0.15, 0.2) is 0 Å². The molecule has 0 saturated carbocycles. The molecule has 0 radical (unpaired) electrons. The first kappa shape index (κ1) is 22.6. The number of allylic oxidation sites excluding steroid dienone is 1. The molecule has 0 saturated heterocycles. The first-order valence-corrected chi connectivity index (χ1v) is 9.23. The molecule has 0 bridgehead atoms. The molecule has 0 aromatic heterocycles. The maximum Gasteiger partial charge on any atom is 0.417 e. The van der Waals surface area contributed by atoms with E-state index in [9.17, 15) is 9.59 Å². The molecule has 27 heavy (non-hydrogen) atoms. The van der Waals surface area contributed by atoms with Gasteiger partial charge in [0, 0.05) is 11.7 Å². The number of hydrogen-bond donors (Lipinski definition) is 2. The van der Waals surface area contributed by atoms with Crippen LogP contribution in [-0.4, -0.2) is 28.7 Å². The molecule has 1 aromatic carbocycles. The number of esters is 1. The Bertz CT molecular complexity index is 708. The van der Waals surface area contributed by atoms with Crippen LogP contribution in [0.4, 0.5) is 4.79 Å². The van der Waals surface area contributed by atoms with E-state index in [2.05, 4.69) is 10.6 Å². The fourth-order valence-electron chi connectivity index (χ4n) is 2.07. The largest absolute Gasteiger partial charge is 0.456 e. The van der Waals surface area contributed by atoms with Crippen LogP contribution in [0.3, 0.4) is 0 Å². The van der Waals surface area contributed by atoms with Gasteiger partial charge in [-0.05, 0) is 53.2 Å². The molecule has 1 aromatic rings. The zero-order valence-corrected chi connectivity index (χ0v) is 17.5. The molecule has 7 heteroatoms. The van der Waals surface area contributed by atoms with Crippen molar-refractivity contribution < 1.29 is 19.1 Å². The van der Waals surface area contributed by atoms with Crippen LogP contribution < -0.4 is 15.4 Å². The van der Waals surface area contributed by atoms with E-state index < -0.39 is 17.7 Å². The molecule has 1 atom stereocenters. The monoisotopic (exact) mass is 392 g/mol. The summed E-state index contributed by atoms with van der Waals surface area (Å²) < 4.78 is 10.6. The molecule has 148 valence electrons. The van der Waals surface area contributed by atoms with Gasteiger partial charge in [-0.3, -0.25) is 5.32 Å². The van der Waals surface area contributed by atoms with Crippen LogP contribution in [0.2, 0.25) is 0 Å². The van der Waals surface area contributed by atoms with Gasteiger partial charge in [-0.1, -0.05) is 37.3 Å². The third-order valence-electron chi connectivity index (χ3n) is 3.45. The number of nitrogens with one attached hydrogen (secondary N) is 2. The van der Waals surface area contributed by atoms with Crippen molar-refractivity contribution >= 4 is 29.3 Å². The van der Waals surface area contributed by atoms with Crippen LogP contribution in [0.5, 0.6) is 5.75 Å². The van der Waals surface area contributed by atoms with E-state index >= 15 is 0 Å². The number of carbonyl (C=O) groups excluding carboxylic acids is 2. The molecule has 0 aliphatic heterocycles. The molecular weight excluding hydrogens is 364 g/mol. The van der Waals surface area contributed by atoms with Gasteiger partial charge >= 0.3 is 12.1 Å². The van der Waals surface area contributed by atoms with E-state index in [1.54, 1.807) is 52.0 Å². The molecule has 6 nitrogen and oxygen atoms in total. The lowest BCUT2D eigenvalue weighted by Crippen LogP contribution is -2.39. The normalized spacial score (nSPS) is 13.1. The van der Waals surface area contributed by atoms with Crippen molar-refractivity contribution in [1.29, 1.82) is 0 Å². The molecule has 0 heterocycles. The summed E-state index contributed by atoms with van der Waals surface area (Å²) in [7, 11) is 0. The van der Waals surface area contributed by atoms with E-state index in [0.717, 1.165) is 6.42 Å². The van der Waals surface area contributed by atoms with Crippen molar-refractivity contribution in [2.45, 2.75) is 59.6 Å². The minimum atomic E-state index is -0.774. The van der Waals surface area contributed by atoms with Gasteiger partial charge < -0.3 is 14.8 Å². The lowest BCUT2D eigenvalue weighted by atomic mass is 10.1. The lowest BCUT2D eigenvalue weighted by Gasteiger charge is -2.23. The SMILES string of the molecule is CCC(C)NC(C)=C(C(=O)OC(C)(C)C)C(=S)NC(=O)Oc1ccccc1. The minimum absolute atomic E-state index is 0.0570. The van der Waals surface area contributed by atoms with Crippen molar-refractivity contribution in [2.75, 3.05) is 0 Å². The summed E-state index contributed by atoms with van der Waals surface area (Å²) in [6, 6.07) is 8.70. The highest BCUT2D eigenvalue weighted by atomic mass is 32.1. The summed E-state index contributed by atoms with van der Waals surface area (Å²) in [5.41, 5.74) is -0.0621. The number of thiocarbonyl (C=S) groups is 1. The number of rotatable bonds is 6. The highest BCUT2D eigenvalue weighted by Crippen LogP contribution is 2.15. The molecule has 0 spiro atoms. The second kappa shape index (κ2) is 10.1. The number of ether oxygens (including phenoxy) is 2. The summed E-state index contributed by atoms with van der Waals surface area (Å²) in [6.45, 7) is 11.0. The Hall–Kier alpha value is -2.41. The van der Waals surface area contributed by atoms with Gasteiger partial charge in [-0.25, -0.2) is 9.59 Å². The second-order valence-corrected chi connectivity index (χ2v) is 7.52. The molecule has 0 aliphatic rings. The standard InChI is InChI=1S/C20H28N2O4S/c1-7-13(2)21-14(3)16(18(23)26-20(4,5)6)17(27)22-19(24)25-15-11-9-8-10-12-15/h8-13,21H,7H2,1-6H3,(H,22,24,27). The van der Waals surface area contributed by atoms with Crippen LogP contribution in [-0.2, 0) is 9.53 Å². The summed E-state index contributed by atoms with van der Waals surface area (Å²) in [5, 5.41) is 5.64. The van der Waals surface area contributed by atoms with Crippen molar-refractivity contribution in [3.05, 3.63) is 41.6 Å². The lowest BCUT2D eigenvalue weighted by molar-refractivity contribution is -0.149. The van der Waals surface area contributed by atoms with Crippen molar-refractivity contribution in [1.82, 2.24) is 10.6 Å². The third kappa shape index (κ3) is 8.21. The molecule has 0 fully saturated rings. The van der Waals surface area contributed by atoms with E-state index in [-0.39, 0.29) is 16.6 Å². The first-order valence-electron chi connectivity index (χ1n) is 8.82. The Morgan fingerprint density at radius 2 is 1.78 bits per heavy atom. The highest BCUT2D eigenvalue weighted by Gasteiger charge is 2.26. The summed E-state index contributed by atoms with van der Waals surface area (Å²) in [5.74, 6) is -0.240. The van der Waals surface area contributed by atoms with Gasteiger partial charge in [-0.15, -0.1) is 0 Å². The smallest absolute Gasteiger partial charge is 0.417 e. The third-order valence-corrected chi connectivity index (χ3v) is 3.76. The fourth-order valence-corrected chi connectivity index (χ4v) is 2.39. The Kier molecular flexibility index (Phi) is 8.43. The molecule has 1 unspecified atom stereocenters. The average molecular weight is 393 g/mol. The topological polar surface area (TPSA) is 76.7 Å². The highest BCUT2D eigenvalue weighted by molar-refractivity contribution is 7.81. The van der Waals surface area contributed by atoms with Crippen LogP contribution in [0.1, 0.15) is 48.0 Å². The number of amides is 1. The minimum Gasteiger partial charge on any atom is -0.456 e. The number of carbonyl (C=O) groups is 2. The fraction of sp³-hybridized carbons (Fsp3) is 0.450. The van der Waals surface area contributed by atoms with E-state index in [1.165, 1.54) is 0 Å². The number of benzene rings is 1. The van der Waals surface area contributed by atoms with E-state index in [4.69, 9.17) is 21.7 Å². The molecule has 1 amide bonds. The van der Waals surface area contributed by atoms with Crippen molar-refractivity contribution in [2.24, 2.45) is 0 Å². The number of hydrogen-bond acceptors (Lipinski definition) is 6. The van der Waals surface area contributed by atoms with Crippen LogP contribution in [0, 0.1) is 0 Å². The summed E-state index contributed by atoms with van der Waals surface area (Å²) >= 11 is 5.29. The second-order valence-electron chi connectivity index (χ2n) is 7.11. The molecular formula is C20H28N2O4S. The van der Waals surface area contributed by atoms with Gasteiger partial charge in [0.1, 0.15) is 21.9 Å². The van der Waals surface area contributed by atoms with Gasteiger partial charge in [0.25, 0.3) is 0 Å². The molecule has 2 N–H and O–H groups in total. The summed E-state index contributed by atoms with van der Waals surface area (Å²) in [4.78, 5) is 24.7. The zero-order chi connectivity index (χ0) is 20.6. The van der Waals surface area contributed by atoms with Crippen molar-refractivity contribution in [3.8, 4) is 5.75 Å². The van der Waals surface area contributed by atoms with Gasteiger partial charge in [-0.2, -0.15) is 0 Å². The molecule has 1 rings (SSSR count). The van der Waals surface area contributed by atoms with Crippen LogP contribution in [0.15, 0.2) is 41.6 Å². The predicted octanol–water partition coefficient (Wildman–Crippen LogP) is 4.11. The molecule has 0 aliphatic carbocycles. The first-order chi connectivity index (χ1) is 12.5. The predicted molar refractivity (Wildman–Crippen MR) is 110 cm³/mol. The Balaban J connectivity index is 2.99. The number of para-hydroxylation sites is 1. The maximum atomic E-state index is 12.7. The average Bonchev–Trinajstić information content (AvgIpc) is 2.53. The van der Waals surface area contributed by atoms with E-state index in [0.29, 0.717) is 11.4 Å². The van der Waals surface area contributed by atoms with Crippen molar-refractivity contribution in [3.63, 3.8) is 0 Å². The quantitative estimate of drug-likeness (QED) is 0.431. The Morgan fingerprint density at radius 1 is 1.19 bits per heavy atom. The van der Waals surface area contributed by atoms with E-state index in [1.807, 2.05) is 19.9 Å². The maximum absolute atomic E-state index is 12.7. The Labute approximate surface area is 166 Å². The van der Waals surface area contributed by atoms with Gasteiger partial charge in [0.2, 0.25) is 0 Å². The van der Waals surface area contributed by atoms with Crippen LogP contribution in [0.25, 0.3) is 0 Å². The van der Waals surface area contributed by atoms with Gasteiger partial charge in [0.05, 0.1) is 0 Å². The summed E-state index contributed by atoms with van der Waals surface area (Å²) in [6.07, 6.45) is 0.0819.